The fourth-order valence-corrected chi connectivity index (χ4v) is 6.11. The first kappa shape index (κ1) is 27.6. The molecule has 0 spiro atoms. The number of benzene rings is 6. The van der Waals surface area contributed by atoms with Crippen molar-refractivity contribution in [3.8, 4) is 11.1 Å². The first-order chi connectivity index (χ1) is 20.6. The molecule has 6 aromatic rings. The molecular weight excluding hydrogens is 618 g/mol. The molecule has 0 bridgehead atoms. The van der Waals surface area contributed by atoms with E-state index in [0.717, 1.165) is 28.7 Å². The van der Waals surface area contributed by atoms with Gasteiger partial charge in [-0.1, -0.05) is 64.5 Å². The number of ketones is 1. The summed E-state index contributed by atoms with van der Waals surface area (Å²) in [4.78, 5) is 42.8. The van der Waals surface area contributed by atoms with Crippen molar-refractivity contribution in [2.24, 2.45) is 0 Å². The van der Waals surface area contributed by atoms with Crippen molar-refractivity contribution >= 4 is 71.1 Å². The first-order valence-corrected chi connectivity index (χ1v) is 13.7. The lowest BCUT2D eigenvalue weighted by molar-refractivity contribution is -0.393. The molecule has 0 amide bonds. The monoisotopic (exact) mass is 635 g/mol. The Morgan fingerprint density at radius 1 is 0.581 bits per heavy atom. The van der Waals surface area contributed by atoms with E-state index in [1.165, 1.54) is 43.9 Å². The van der Waals surface area contributed by atoms with Crippen LogP contribution in [-0.4, -0.2) is 20.6 Å². The molecule has 10 nitrogen and oxygen atoms in total. The van der Waals surface area contributed by atoms with Gasteiger partial charge in [-0.3, -0.25) is 35.1 Å². The Balaban J connectivity index is 0.000000154. The lowest BCUT2D eigenvalue weighted by Crippen LogP contribution is -2.00. The number of halogens is 1. The smallest absolute Gasteiger partial charge is 0.284 e. The molecule has 43 heavy (non-hydrogen) atoms. The van der Waals surface area contributed by atoms with E-state index < -0.39 is 31.9 Å². The van der Waals surface area contributed by atoms with Gasteiger partial charge in [-0.25, -0.2) is 0 Å². The van der Waals surface area contributed by atoms with Crippen LogP contribution in [-0.2, 0) is 0 Å². The molecule has 0 saturated heterocycles. The van der Waals surface area contributed by atoms with E-state index >= 15 is 0 Å². The lowest BCUT2D eigenvalue weighted by Gasteiger charge is -2.11. The Hall–Kier alpha value is -5.55. The Kier molecular flexibility index (Phi) is 6.66. The van der Waals surface area contributed by atoms with Crippen LogP contribution in [0.4, 0.5) is 17.1 Å². The van der Waals surface area contributed by atoms with Crippen LogP contribution in [0.5, 0.6) is 0 Å². The number of aryl methyl sites for hydroxylation is 1. The van der Waals surface area contributed by atoms with E-state index in [4.69, 9.17) is 0 Å². The summed E-state index contributed by atoms with van der Waals surface area (Å²) in [6.45, 7) is 2.22. The summed E-state index contributed by atoms with van der Waals surface area (Å²) in [5, 5.41) is 40.8. The summed E-state index contributed by atoms with van der Waals surface area (Å²) < 4.78 is 1.16. The van der Waals surface area contributed by atoms with Crippen molar-refractivity contribution in [2.75, 3.05) is 0 Å². The highest BCUT2D eigenvalue weighted by Crippen LogP contribution is 2.45. The summed E-state index contributed by atoms with van der Waals surface area (Å²) in [6.07, 6.45) is 0. The number of carbonyl (C=O) groups is 1. The fraction of sp³-hybridized carbons (Fsp3) is 0.0312. The molecule has 0 unspecified atom stereocenters. The number of carbonyl (C=O) groups excluding carboxylic acids is 1. The maximum atomic E-state index is 12.3. The van der Waals surface area contributed by atoms with Crippen LogP contribution in [0.25, 0.3) is 43.4 Å². The average Bonchev–Trinajstić information content (AvgIpc) is 3.28. The topological polar surface area (TPSA) is 146 Å². The van der Waals surface area contributed by atoms with Gasteiger partial charge in [0, 0.05) is 39.4 Å². The average molecular weight is 636 g/mol. The minimum atomic E-state index is -0.841. The zero-order valence-corrected chi connectivity index (χ0v) is 23.8. The van der Waals surface area contributed by atoms with Crippen LogP contribution in [0.3, 0.4) is 0 Å². The Morgan fingerprint density at radius 2 is 1.26 bits per heavy atom. The van der Waals surface area contributed by atoms with Crippen LogP contribution in [0.1, 0.15) is 21.5 Å². The lowest BCUT2D eigenvalue weighted by atomic mass is 9.94. The Bertz CT molecular complexity index is 2230. The predicted molar refractivity (Wildman–Crippen MR) is 167 cm³/mol. The number of nitro benzene ring substituents is 3. The van der Waals surface area contributed by atoms with Gasteiger partial charge in [-0.15, -0.1) is 0 Å². The summed E-state index contributed by atoms with van der Waals surface area (Å²) in [5.41, 5.74) is -0.366. The van der Waals surface area contributed by atoms with Gasteiger partial charge in [0.05, 0.1) is 26.4 Å². The molecule has 11 heteroatoms. The molecule has 0 saturated carbocycles. The molecule has 0 atom stereocenters. The number of rotatable bonds is 3. The molecule has 210 valence electrons. The highest BCUT2D eigenvalue weighted by atomic mass is 79.9. The summed E-state index contributed by atoms with van der Waals surface area (Å²) in [6, 6.07) is 26.9. The summed E-state index contributed by atoms with van der Waals surface area (Å²) in [7, 11) is 0. The van der Waals surface area contributed by atoms with Crippen molar-refractivity contribution in [1.29, 1.82) is 0 Å². The number of hydrogen-bond acceptors (Lipinski definition) is 7. The van der Waals surface area contributed by atoms with Crippen LogP contribution in [0, 0.1) is 37.3 Å². The van der Waals surface area contributed by atoms with Gasteiger partial charge in [0.1, 0.15) is 0 Å². The van der Waals surface area contributed by atoms with Gasteiger partial charge in [0.2, 0.25) is 0 Å². The van der Waals surface area contributed by atoms with Crippen LogP contribution in [0.2, 0.25) is 0 Å². The standard InChI is InChI=1S/C19H13Br.C13H5N3O7/c1-12-14-6-3-2-5-13(14)11-18-15(12)9-10-17-16(18)7-4-8-19(17)20;17-13-9-3-6(14(18)19)1-2-8(9)12-10(13)4-7(15(20)21)5-11(12)16(22)23/h2-11H,1H3;1-5H. The molecule has 7 rings (SSSR count). The minimum Gasteiger partial charge on any atom is -0.289 e. The van der Waals surface area contributed by atoms with E-state index in [0.29, 0.717) is 0 Å². The number of non-ortho nitro benzene ring substituents is 2. The highest BCUT2D eigenvalue weighted by Gasteiger charge is 2.37. The molecule has 0 N–H and O–H groups in total. The summed E-state index contributed by atoms with van der Waals surface area (Å²) >= 11 is 3.65. The highest BCUT2D eigenvalue weighted by molar-refractivity contribution is 9.10. The first-order valence-electron chi connectivity index (χ1n) is 12.9. The third-order valence-electron chi connectivity index (χ3n) is 7.60. The van der Waals surface area contributed by atoms with E-state index in [9.17, 15) is 35.1 Å². The van der Waals surface area contributed by atoms with Gasteiger partial charge < -0.3 is 0 Å². The quantitative estimate of drug-likeness (QED) is 0.0815. The molecule has 6 aromatic carbocycles. The molecule has 0 heterocycles. The largest absolute Gasteiger partial charge is 0.289 e. The molecule has 1 aliphatic carbocycles. The summed E-state index contributed by atoms with van der Waals surface area (Å²) in [5.74, 6) is -0.717. The SMILES string of the molecule is Cc1c2ccccc2cc2c1ccc1c(Br)cccc12.O=C1c2cc([N+](=O)[O-])ccc2-c2c1cc([N+](=O)[O-])cc2[N+](=O)[O-]. The van der Waals surface area contributed by atoms with E-state index in [-0.39, 0.29) is 27.9 Å². The fourth-order valence-electron chi connectivity index (χ4n) is 5.61. The van der Waals surface area contributed by atoms with Gasteiger partial charge in [0.25, 0.3) is 17.1 Å². The van der Waals surface area contributed by atoms with Crippen molar-refractivity contribution in [3.63, 3.8) is 0 Å². The number of nitrogens with zero attached hydrogens (tertiary/aromatic N) is 3. The predicted octanol–water partition coefficient (Wildman–Crippen LogP) is 8.84. The number of hydrogen-bond donors (Lipinski definition) is 0. The third kappa shape index (κ3) is 4.56. The second kappa shape index (κ2) is 10.4. The van der Waals surface area contributed by atoms with Gasteiger partial charge in [-0.05, 0) is 63.0 Å². The zero-order chi connectivity index (χ0) is 30.6. The minimum absolute atomic E-state index is 0.0597. The van der Waals surface area contributed by atoms with Crippen molar-refractivity contribution < 1.29 is 19.6 Å². The van der Waals surface area contributed by atoms with Crippen LogP contribution in [0.15, 0.2) is 95.5 Å². The molecule has 1 aliphatic rings. The van der Waals surface area contributed by atoms with Gasteiger partial charge in [0.15, 0.2) is 5.78 Å². The maximum absolute atomic E-state index is 12.3. The zero-order valence-electron chi connectivity index (χ0n) is 22.2. The van der Waals surface area contributed by atoms with Crippen LogP contribution >= 0.6 is 15.9 Å². The van der Waals surface area contributed by atoms with E-state index in [1.54, 1.807) is 0 Å². The van der Waals surface area contributed by atoms with Crippen molar-refractivity contribution in [1.82, 2.24) is 0 Å². The van der Waals surface area contributed by atoms with E-state index in [2.05, 4.69) is 83.5 Å². The second-order valence-electron chi connectivity index (χ2n) is 9.94. The second-order valence-corrected chi connectivity index (χ2v) is 10.8. The van der Waals surface area contributed by atoms with E-state index in [1.807, 2.05) is 0 Å². The molecule has 0 aromatic heterocycles. The van der Waals surface area contributed by atoms with Gasteiger partial charge >= 0.3 is 0 Å². The van der Waals surface area contributed by atoms with Gasteiger partial charge in [-0.2, -0.15) is 0 Å². The molecular formula is C32H18BrN3O7. The maximum Gasteiger partial charge on any atom is 0.284 e. The molecule has 0 radical (unpaired) electrons. The number of nitro groups is 3. The molecule has 0 fully saturated rings. The Morgan fingerprint density at radius 3 is 1.98 bits per heavy atom. The third-order valence-corrected chi connectivity index (χ3v) is 8.29. The van der Waals surface area contributed by atoms with Crippen molar-refractivity contribution in [3.05, 3.63) is 143 Å². The normalized spacial score (nSPS) is 11.6. The van der Waals surface area contributed by atoms with Crippen molar-refractivity contribution in [2.45, 2.75) is 6.92 Å². The van der Waals surface area contributed by atoms with Crippen LogP contribution < -0.4 is 0 Å². The Labute approximate surface area is 250 Å². The molecule has 0 aliphatic heterocycles. The number of fused-ring (bicyclic) bond motifs is 7.